The first-order valence-electron chi connectivity index (χ1n) is 7.11. The van der Waals surface area contributed by atoms with Crippen LogP contribution in [0.1, 0.15) is 26.7 Å². The number of ether oxygens (including phenoxy) is 2. The van der Waals surface area contributed by atoms with Crippen LogP contribution >= 0.6 is 7.26 Å². The van der Waals surface area contributed by atoms with Crippen molar-refractivity contribution in [1.82, 2.24) is 5.32 Å². The molecule has 0 saturated heterocycles. The molecule has 0 bridgehead atoms. The maximum Gasteiger partial charge on any atom is 0.329 e. The highest BCUT2D eigenvalue weighted by atomic mass is 31.2. The van der Waals surface area contributed by atoms with Crippen molar-refractivity contribution in [3.8, 4) is 0 Å². The average Bonchev–Trinajstić information content (AvgIpc) is 2.35. The van der Waals surface area contributed by atoms with E-state index in [4.69, 9.17) is 9.47 Å². The quantitative estimate of drug-likeness (QED) is 0.511. The number of carbonyl (C=O) groups is 3. The normalized spacial score (nSPS) is 12.4. The minimum atomic E-state index is -1.06. The standard InChI is InChI=1S/C14H26NO5P/c1-6-19-13(17)10-11(14(18)20-7-2)15-12(16)8-9-21(3,4)5/h11H,6-10H2,1-5H3/p+1. The van der Waals surface area contributed by atoms with E-state index in [-0.39, 0.29) is 25.5 Å². The topological polar surface area (TPSA) is 81.7 Å². The lowest BCUT2D eigenvalue weighted by Crippen LogP contribution is -2.43. The molecular weight excluding hydrogens is 293 g/mol. The van der Waals surface area contributed by atoms with Gasteiger partial charge in [-0.2, -0.15) is 0 Å². The molecule has 0 radical (unpaired) electrons. The zero-order valence-corrected chi connectivity index (χ0v) is 14.5. The molecule has 122 valence electrons. The van der Waals surface area contributed by atoms with Crippen LogP contribution < -0.4 is 5.32 Å². The molecule has 0 aromatic carbocycles. The van der Waals surface area contributed by atoms with Gasteiger partial charge in [0, 0.05) is 27.3 Å². The monoisotopic (exact) mass is 320 g/mol. The van der Waals surface area contributed by atoms with Crippen LogP contribution in [-0.4, -0.2) is 63.3 Å². The molecular formula is C14H27NO5P+. The van der Waals surface area contributed by atoms with Crippen LogP contribution in [0.15, 0.2) is 0 Å². The zero-order valence-electron chi connectivity index (χ0n) is 13.6. The van der Waals surface area contributed by atoms with Gasteiger partial charge >= 0.3 is 11.9 Å². The van der Waals surface area contributed by atoms with E-state index in [1.54, 1.807) is 13.8 Å². The van der Waals surface area contributed by atoms with Crippen molar-refractivity contribution in [2.45, 2.75) is 32.7 Å². The van der Waals surface area contributed by atoms with E-state index in [9.17, 15) is 14.4 Å². The average molecular weight is 320 g/mol. The first-order chi connectivity index (χ1) is 9.69. The predicted molar refractivity (Wildman–Crippen MR) is 84.0 cm³/mol. The summed E-state index contributed by atoms with van der Waals surface area (Å²) in [5.74, 6) is -1.38. The van der Waals surface area contributed by atoms with E-state index in [0.717, 1.165) is 6.16 Å². The molecule has 1 N–H and O–H groups in total. The smallest absolute Gasteiger partial charge is 0.329 e. The van der Waals surface area contributed by atoms with Crippen LogP contribution in [0.2, 0.25) is 0 Å². The second-order valence-corrected chi connectivity index (χ2v) is 10.7. The lowest BCUT2D eigenvalue weighted by atomic mass is 10.2. The van der Waals surface area contributed by atoms with Crippen molar-refractivity contribution in [2.75, 3.05) is 39.4 Å². The summed E-state index contributed by atoms with van der Waals surface area (Å²) in [5.41, 5.74) is 0. The van der Waals surface area contributed by atoms with E-state index >= 15 is 0 Å². The number of amides is 1. The van der Waals surface area contributed by atoms with Crippen molar-refractivity contribution in [2.24, 2.45) is 0 Å². The zero-order chi connectivity index (χ0) is 16.5. The SMILES string of the molecule is CCOC(=O)CC(NC(=O)CC[P+](C)(C)C)C(=O)OCC. The molecule has 0 aromatic rings. The van der Waals surface area contributed by atoms with Gasteiger partial charge in [-0.15, -0.1) is 0 Å². The van der Waals surface area contributed by atoms with Gasteiger partial charge < -0.3 is 14.8 Å². The van der Waals surface area contributed by atoms with Gasteiger partial charge in [0.1, 0.15) is 6.04 Å². The van der Waals surface area contributed by atoms with Gasteiger partial charge in [0.05, 0.1) is 32.2 Å². The second-order valence-electron chi connectivity index (χ2n) is 5.65. The summed E-state index contributed by atoms with van der Waals surface area (Å²) < 4.78 is 9.68. The summed E-state index contributed by atoms with van der Waals surface area (Å²) in [5, 5.41) is 2.57. The van der Waals surface area contributed by atoms with Gasteiger partial charge in [-0.05, 0) is 13.8 Å². The lowest BCUT2D eigenvalue weighted by molar-refractivity contribution is -0.153. The molecule has 1 amide bonds. The highest BCUT2D eigenvalue weighted by Gasteiger charge is 2.27. The van der Waals surface area contributed by atoms with E-state index in [0.29, 0.717) is 6.42 Å². The van der Waals surface area contributed by atoms with Crippen LogP contribution in [0.3, 0.4) is 0 Å². The van der Waals surface area contributed by atoms with E-state index in [1.807, 2.05) is 0 Å². The Morgan fingerprint density at radius 2 is 1.62 bits per heavy atom. The van der Waals surface area contributed by atoms with E-state index < -0.39 is 25.2 Å². The maximum atomic E-state index is 11.9. The predicted octanol–water partition coefficient (Wildman–Crippen LogP) is 1.28. The van der Waals surface area contributed by atoms with Crippen molar-refractivity contribution in [1.29, 1.82) is 0 Å². The Labute approximate surface area is 127 Å². The number of nitrogens with one attached hydrogen (secondary N) is 1. The molecule has 1 atom stereocenters. The molecule has 6 nitrogen and oxygen atoms in total. The Morgan fingerprint density at radius 3 is 2.10 bits per heavy atom. The highest BCUT2D eigenvalue weighted by Crippen LogP contribution is 2.46. The molecule has 7 heteroatoms. The van der Waals surface area contributed by atoms with Gasteiger partial charge in [-0.25, -0.2) is 4.79 Å². The molecule has 0 aliphatic carbocycles. The third-order valence-corrected chi connectivity index (χ3v) is 4.16. The Hall–Kier alpha value is -1.16. The Morgan fingerprint density at radius 1 is 1.05 bits per heavy atom. The Bertz CT molecular complexity index is 365. The van der Waals surface area contributed by atoms with E-state index in [1.165, 1.54) is 0 Å². The van der Waals surface area contributed by atoms with E-state index in [2.05, 4.69) is 25.3 Å². The molecule has 0 spiro atoms. The molecule has 0 aliphatic heterocycles. The van der Waals surface area contributed by atoms with Gasteiger partial charge in [0.15, 0.2) is 0 Å². The summed E-state index contributed by atoms with van der Waals surface area (Å²) in [6, 6.07) is -0.977. The largest absolute Gasteiger partial charge is 0.466 e. The maximum absolute atomic E-state index is 11.9. The molecule has 0 saturated carbocycles. The number of rotatable bonds is 9. The van der Waals surface area contributed by atoms with Gasteiger partial charge in [0.25, 0.3) is 0 Å². The molecule has 0 aromatic heterocycles. The fourth-order valence-electron chi connectivity index (χ4n) is 1.53. The number of hydrogen-bond donors (Lipinski definition) is 1. The summed E-state index contributed by atoms with van der Waals surface area (Å²) in [6.45, 7) is 10.2. The summed E-state index contributed by atoms with van der Waals surface area (Å²) in [6.07, 6.45) is 0.937. The summed E-state index contributed by atoms with van der Waals surface area (Å²) >= 11 is 0. The Balaban J connectivity index is 4.55. The minimum Gasteiger partial charge on any atom is -0.466 e. The molecule has 1 unspecified atom stereocenters. The highest BCUT2D eigenvalue weighted by molar-refractivity contribution is 7.73. The summed E-state index contributed by atoms with van der Waals surface area (Å²) in [7, 11) is -1.06. The molecule has 0 rings (SSSR count). The van der Waals surface area contributed by atoms with Crippen molar-refractivity contribution < 1.29 is 23.9 Å². The first kappa shape index (κ1) is 19.8. The number of carbonyl (C=O) groups excluding carboxylic acids is 3. The molecule has 21 heavy (non-hydrogen) atoms. The second kappa shape index (κ2) is 9.72. The van der Waals surface area contributed by atoms with Crippen LogP contribution in [-0.2, 0) is 23.9 Å². The molecule has 0 heterocycles. The summed E-state index contributed by atoms with van der Waals surface area (Å²) in [4.78, 5) is 35.2. The van der Waals surface area contributed by atoms with Gasteiger partial charge in [-0.1, -0.05) is 0 Å². The fraction of sp³-hybridized carbons (Fsp3) is 0.786. The third kappa shape index (κ3) is 10.2. The van der Waals surface area contributed by atoms with Crippen molar-refractivity contribution in [3.63, 3.8) is 0 Å². The number of hydrogen-bond acceptors (Lipinski definition) is 5. The molecule has 0 aliphatic rings. The molecule has 0 fully saturated rings. The fourth-order valence-corrected chi connectivity index (χ4v) is 2.40. The Kier molecular flexibility index (Phi) is 9.18. The van der Waals surface area contributed by atoms with Gasteiger partial charge in [-0.3, -0.25) is 9.59 Å². The lowest BCUT2D eigenvalue weighted by Gasteiger charge is -2.17. The first-order valence-corrected chi connectivity index (χ1v) is 10.4. The van der Waals surface area contributed by atoms with Crippen LogP contribution in [0.4, 0.5) is 0 Å². The minimum absolute atomic E-state index is 0.196. The number of esters is 2. The van der Waals surface area contributed by atoms with Crippen LogP contribution in [0, 0.1) is 0 Å². The van der Waals surface area contributed by atoms with Gasteiger partial charge in [0.2, 0.25) is 5.91 Å². The van der Waals surface area contributed by atoms with Crippen molar-refractivity contribution >= 4 is 25.1 Å². The van der Waals surface area contributed by atoms with Crippen LogP contribution in [0.5, 0.6) is 0 Å². The van der Waals surface area contributed by atoms with Crippen LogP contribution in [0.25, 0.3) is 0 Å². The third-order valence-electron chi connectivity index (χ3n) is 2.59. The van der Waals surface area contributed by atoms with Crippen molar-refractivity contribution in [3.05, 3.63) is 0 Å².